The molecule has 0 spiro atoms. The lowest BCUT2D eigenvalue weighted by Gasteiger charge is -2.23. The Morgan fingerprint density at radius 2 is 1.78 bits per heavy atom. The van der Waals surface area contributed by atoms with E-state index in [0.29, 0.717) is 29.5 Å². The molecule has 1 N–H and O–H groups in total. The van der Waals surface area contributed by atoms with Crippen molar-refractivity contribution in [3.8, 4) is 0 Å². The van der Waals surface area contributed by atoms with Crippen LogP contribution in [0, 0.1) is 20.8 Å². The van der Waals surface area contributed by atoms with Crippen molar-refractivity contribution < 1.29 is 17.9 Å². The number of amides is 1. The van der Waals surface area contributed by atoms with E-state index in [0.717, 1.165) is 39.7 Å². The number of fused-ring (bicyclic) bond motifs is 1. The Kier molecular flexibility index (Phi) is 7.02. The number of carbonyl (C=O) groups excluding carboxylic acids is 1. The van der Waals surface area contributed by atoms with Gasteiger partial charge < -0.3 is 4.74 Å². The van der Waals surface area contributed by atoms with E-state index < -0.39 is 10.0 Å². The molecular weight excluding hydrogens is 506 g/mol. The zero-order valence-corrected chi connectivity index (χ0v) is 22.7. The van der Waals surface area contributed by atoms with Crippen molar-refractivity contribution >= 4 is 48.3 Å². The number of aryl methyl sites for hydroxylation is 3. The van der Waals surface area contributed by atoms with Crippen molar-refractivity contribution in [1.82, 2.24) is 4.98 Å². The fourth-order valence-corrected chi connectivity index (χ4v) is 6.43. The van der Waals surface area contributed by atoms with Crippen molar-refractivity contribution in [2.45, 2.75) is 44.6 Å². The smallest absolute Gasteiger partial charge is 0.261 e. The van der Waals surface area contributed by atoms with E-state index in [1.54, 1.807) is 53.4 Å². The number of benzene rings is 3. The second-order valence-electron chi connectivity index (χ2n) is 9.40. The van der Waals surface area contributed by atoms with Crippen molar-refractivity contribution in [1.29, 1.82) is 0 Å². The standard InChI is InChI=1S/C28H29N3O4S2/c1-18-6-13-24(14-7-18)37(33,34)30-22-11-9-21(10-12-22)27(32)31(17-23-5-4-16-35-23)28-29-26-20(3)19(2)8-15-25(26)36-28/h6-15,23,30H,4-5,16-17H2,1-3H3. The topological polar surface area (TPSA) is 88.6 Å². The van der Waals surface area contributed by atoms with Gasteiger partial charge in [-0.25, -0.2) is 13.4 Å². The Bertz CT molecular complexity index is 1540. The zero-order valence-electron chi connectivity index (χ0n) is 21.0. The van der Waals surface area contributed by atoms with Crippen LogP contribution in [0.1, 0.15) is 39.9 Å². The van der Waals surface area contributed by atoms with E-state index in [1.807, 2.05) is 19.9 Å². The van der Waals surface area contributed by atoms with Crippen molar-refractivity contribution in [2.75, 3.05) is 22.8 Å². The maximum Gasteiger partial charge on any atom is 0.261 e. The minimum Gasteiger partial charge on any atom is -0.376 e. The molecule has 9 heteroatoms. The molecule has 1 aromatic heterocycles. The van der Waals surface area contributed by atoms with Gasteiger partial charge in [-0.3, -0.25) is 14.4 Å². The highest BCUT2D eigenvalue weighted by molar-refractivity contribution is 7.92. The molecule has 1 fully saturated rings. The Labute approximate surface area is 221 Å². The average molecular weight is 536 g/mol. The summed E-state index contributed by atoms with van der Waals surface area (Å²) in [5.74, 6) is -0.197. The molecule has 1 aliphatic heterocycles. The van der Waals surface area contributed by atoms with Gasteiger partial charge in [0.1, 0.15) is 0 Å². The summed E-state index contributed by atoms with van der Waals surface area (Å²) in [5.41, 5.74) is 4.98. The van der Waals surface area contributed by atoms with E-state index in [-0.39, 0.29) is 16.9 Å². The summed E-state index contributed by atoms with van der Waals surface area (Å²) in [6, 6.07) is 17.3. The average Bonchev–Trinajstić information content (AvgIpc) is 3.55. The molecule has 3 aromatic carbocycles. The highest BCUT2D eigenvalue weighted by Crippen LogP contribution is 2.33. The van der Waals surface area contributed by atoms with Gasteiger partial charge in [0, 0.05) is 17.9 Å². The maximum atomic E-state index is 13.7. The molecule has 1 atom stereocenters. The summed E-state index contributed by atoms with van der Waals surface area (Å²) in [5, 5.41) is 0.633. The summed E-state index contributed by atoms with van der Waals surface area (Å²) in [7, 11) is -3.73. The summed E-state index contributed by atoms with van der Waals surface area (Å²) in [6.45, 7) is 7.11. The highest BCUT2D eigenvalue weighted by atomic mass is 32.2. The molecule has 1 saturated heterocycles. The van der Waals surface area contributed by atoms with Crippen molar-refractivity contribution in [2.24, 2.45) is 0 Å². The number of nitrogens with one attached hydrogen (secondary N) is 1. The molecule has 1 unspecified atom stereocenters. The first kappa shape index (κ1) is 25.4. The molecule has 0 radical (unpaired) electrons. The van der Waals surface area contributed by atoms with E-state index in [4.69, 9.17) is 9.72 Å². The molecule has 4 aromatic rings. The van der Waals surface area contributed by atoms with Gasteiger partial charge in [-0.2, -0.15) is 0 Å². The quantitative estimate of drug-likeness (QED) is 0.321. The van der Waals surface area contributed by atoms with Crippen LogP contribution in [0.2, 0.25) is 0 Å². The first-order valence-corrected chi connectivity index (χ1v) is 14.5. The number of anilines is 2. The van der Waals surface area contributed by atoms with Crippen LogP contribution in [0.15, 0.2) is 65.6 Å². The minimum absolute atomic E-state index is 0.0422. The molecule has 0 saturated carbocycles. The Balaban J connectivity index is 1.41. The number of ether oxygens (including phenoxy) is 1. The van der Waals surface area contributed by atoms with Crippen LogP contribution in [0.4, 0.5) is 10.8 Å². The van der Waals surface area contributed by atoms with E-state index in [9.17, 15) is 13.2 Å². The SMILES string of the molecule is Cc1ccc(S(=O)(=O)Nc2ccc(C(=O)N(CC3CCCO3)c3nc4c(C)c(C)ccc4s3)cc2)cc1. The Morgan fingerprint density at radius 3 is 2.46 bits per heavy atom. The zero-order chi connectivity index (χ0) is 26.2. The number of carbonyl (C=O) groups is 1. The molecule has 0 aliphatic carbocycles. The molecule has 7 nitrogen and oxygen atoms in total. The van der Waals surface area contributed by atoms with Gasteiger partial charge >= 0.3 is 0 Å². The normalized spacial score (nSPS) is 15.7. The number of hydrogen-bond acceptors (Lipinski definition) is 6. The lowest BCUT2D eigenvalue weighted by atomic mass is 10.1. The maximum absolute atomic E-state index is 13.7. The molecule has 1 amide bonds. The van der Waals surface area contributed by atoms with Crippen LogP contribution < -0.4 is 9.62 Å². The van der Waals surface area contributed by atoms with E-state index in [2.05, 4.69) is 17.7 Å². The number of nitrogens with zero attached hydrogens (tertiary/aromatic N) is 2. The second kappa shape index (κ2) is 10.2. The number of thiazole rings is 1. The second-order valence-corrected chi connectivity index (χ2v) is 12.1. The Morgan fingerprint density at radius 1 is 1.05 bits per heavy atom. The minimum atomic E-state index is -3.73. The van der Waals surface area contributed by atoms with Crippen molar-refractivity contribution in [3.63, 3.8) is 0 Å². The van der Waals surface area contributed by atoms with Crippen LogP contribution in [0.25, 0.3) is 10.2 Å². The van der Waals surface area contributed by atoms with Gasteiger partial charge in [0.15, 0.2) is 5.13 Å². The van der Waals surface area contributed by atoms with Gasteiger partial charge in [0.05, 0.1) is 27.8 Å². The predicted octanol–water partition coefficient (Wildman–Crippen LogP) is 5.85. The van der Waals surface area contributed by atoms with Crippen LogP contribution in [0.5, 0.6) is 0 Å². The van der Waals surface area contributed by atoms with Gasteiger partial charge in [0.25, 0.3) is 15.9 Å². The first-order valence-electron chi connectivity index (χ1n) is 12.2. The molecule has 5 rings (SSSR count). The third kappa shape index (κ3) is 5.39. The number of hydrogen-bond donors (Lipinski definition) is 1. The third-order valence-electron chi connectivity index (χ3n) is 6.68. The molecule has 192 valence electrons. The summed E-state index contributed by atoms with van der Waals surface area (Å²) in [4.78, 5) is 20.4. The first-order chi connectivity index (χ1) is 17.7. The molecule has 2 heterocycles. The number of sulfonamides is 1. The summed E-state index contributed by atoms with van der Waals surface area (Å²) in [6.07, 6.45) is 1.83. The van der Waals surface area contributed by atoms with Gasteiger partial charge in [-0.1, -0.05) is 35.1 Å². The molecule has 37 heavy (non-hydrogen) atoms. The van der Waals surface area contributed by atoms with Crippen LogP contribution in [0.3, 0.4) is 0 Å². The number of rotatable bonds is 7. The van der Waals surface area contributed by atoms with E-state index >= 15 is 0 Å². The summed E-state index contributed by atoms with van der Waals surface area (Å²) >= 11 is 1.49. The summed E-state index contributed by atoms with van der Waals surface area (Å²) < 4.78 is 35.0. The van der Waals surface area contributed by atoms with Gasteiger partial charge in [0.2, 0.25) is 0 Å². The fourth-order valence-electron chi connectivity index (χ4n) is 4.34. The number of aromatic nitrogens is 1. The molecule has 0 bridgehead atoms. The van der Waals surface area contributed by atoms with Crippen LogP contribution >= 0.6 is 11.3 Å². The predicted molar refractivity (Wildman–Crippen MR) is 148 cm³/mol. The Hall–Kier alpha value is -3.27. The largest absolute Gasteiger partial charge is 0.376 e. The molecule has 1 aliphatic rings. The monoisotopic (exact) mass is 535 g/mol. The van der Waals surface area contributed by atoms with Crippen LogP contribution in [-0.2, 0) is 14.8 Å². The third-order valence-corrected chi connectivity index (χ3v) is 9.12. The van der Waals surface area contributed by atoms with Gasteiger partial charge in [-0.05, 0) is 87.2 Å². The lowest BCUT2D eigenvalue weighted by molar-refractivity contribution is 0.0917. The van der Waals surface area contributed by atoms with E-state index in [1.165, 1.54) is 11.3 Å². The highest BCUT2D eigenvalue weighted by Gasteiger charge is 2.27. The van der Waals surface area contributed by atoms with Crippen LogP contribution in [-0.4, -0.2) is 38.6 Å². The van der Waals surface area contributed by atoms with Crippen molar-refractivity contribution in [3.05, 3.63) is 82.9 Å². The molecular formula is C28H29N3O4S2. The fraction of sp³-hybridized carbons (Fsp3) is 0.286. The van der Waals surface area contributed by atoms with Gasteiger partial charge in [-0.15, -0.1) is 0 Å². The lowest BCUT2D eigenvalue weighted by Crippen LogP contribution is -2.37.